The van der Waals surface area contributed by atoms with Crippen LogP contribution in [0.3, 0.4) is 0 Å². The van der Waals surface area contributed by atoms with Crippen LogP contribution in [0.15, 0.2) is 48.5 Å². The second-order valence-corrected chi connectivity index (χ2v) is 5.78. The Morgan fingerprint density at radius 1 is 0.864 bits per heavy atom. The predicted molar refractivity (Wildman–Crippen MR) is 88.7 cm³/mol. The molecule has 1 N–H and O–H groups in total. The van der Waals surface area contributed by atoms with Crippen molar-refractivity contribution in [3.05, 3.63) is 59.7 Å². The molecule has 0 fully saturated rings. The predicted octanol–water partition coefficient (Wildman–Crippen LogP) is 3.46. The van der Waals surface area contributed by atoms with Crippen LogP contribution in [-0.2, 0) is 10.5 Å². The van der Waals surface area contributed by atoms with Crippen LogP contribution in [0.1, 0.15) is 30.9 Å². The Labute approximate surface area is 131 Å². The summed E-state index contributed by atoms with van der Waals surface area (Å²) < 4.78 is 0. The van der Waals surface area contributed by atoms with Gasteiger partial charge in [-0.1, -0.05) is 37.6 Å². The van der Waals surface area contributed by atoms with E-state index in [0.717, 1.165) is 28.9 Å². The summed E-state index contributed by atoms with van der Waals surface area (Å²) in [5.74, 6) is 0. The van der Waals surface area contributed by atoms with Gasteiger partial charge in [0.2, 0.25) is 0 Å². The molecule has 4 aliphatic heterocycles. The van der Waals surface area contributed by atoms with Crippen LogP contribution in [-0.4, -0.2) is 19.2 Å². The fourth-order valence-electron chi connectivity index (χ4n) is 2.99. The Morgan fingerprint density at radius 3 is 1.64 bits per heavy atom. The maximum Gasteiger partial charge on any atom is 0.115 e. The Bertz CT molecular complexity index is 586. The summed E-state index contributed by atoms with van der Waals surface area (Å²) >= 11 is 0. The zero-order chi connectivity index (χ0) is 15.7. The zero-order valence-corrected chi connectivity index (χ0v) is 13.3. The minimum Gasteiger partial charge on any atom is -0.380 e. The van der Waals surface area contributed by atoms with Gasteiger partial charge in [-0.3, -0.25) is 0 Å². The molecule has 0 amide bonds. The van der Waals surface area contributed by atoms with Crippen molar-refractivity contribution in [1.29, 1.82) is 0 Å². The molecule has 4 heterocycles. The summed E-state index contributed by atoms with van der Waals surface area (Å²) in [5.41, 5.74) is 2.73. The second kappa shape index (κ2) is 5.63. The first kappa shape index (κ1) is 14.9. The first-order valence-electron chi connectivity index (χ1n) is 7.63. The van der Waals surface area contributed by atoms with Gasteiger partial charge in [-0.2, -0.15) is 4.94 Å². The molecule has 116 valence electrons. The number of hydrogen-bond acceptors (Lipinski definition) is 4. The Hall–Kier alpha value is -2.04. The van der Waals surface area contributed by atoms with Crippen LogP contribution < -0.4 is 10.1 Å². The summed E-state index contributed by atoms with van der Waals surface area (Å²) in [6.45, 7) is 2.09. The molecule has 0 spiro atoms. The Balaban J connectivity index is 2.18. The maximum atomic E-state index is 11.3. The fourth-order valence-corrected chi connectivity index (χ4v) is 2.99. The molecule has 0 aliphatic carbocycles. The van der Waals surface area contributed by atoms with Crippen molar-refractivity contribution >= 4 is 11.4 Å². The summed E-state index contributed by atoms with van der Waals surface area (Å²) in [6, 6.07) is 15.8. The van der Waals surface area contributed by atoms with Gasteiger partial charge in [-0.15, -0.1) is 0 Å². The Kier molecular flexibility index (Phi) is 3.81. The molecule has 4 aliphatic rings. The molecular weight excluding hydrogens is 276 g/mol. The second-order valence-electron chi connectivity index (χ2n) is 5.78. The van der Waals surface area contributed by atoms with Crippen LogP contribution in [0.25, 0.3) is 0 Å². The van der Waals surface area contributed by atoms with Crippen LogP contribution in [0, 0.1) is 0 Å². The fraction of sp³-hybridized carbons (Fsp3) is 0.333. The van der Waals surface area contributed by atoms with Gasteiger partial charge in [0, 0.05) is 14.1 Å². The standard InChI is InChI=1S/C18H22N2O2/c1-4-13-18(21)14-5-9-16(10-6-14)19(2)22-20(3)17-11-7-15(18)8-12-17/h5-12,21H,4,13H2,1-3H3. The lowest BCUT2D eigenvalue weighted by atomic mass is 9.82. The van der Waals surface area contributed by atoms with Gasteiger partial charge in [0.1, 0.15) is 5.60 Å². The van der Waals surface area contributed by atoms with E-state index in [2.05, 4.69) is 6.92 Å². The van der Waals surface area contributed by atoms with Crippen LogP contribution in [0.2, 0.25) is 0 Å². The average Bonchev–Trinajstić information content (AvgIpc) is 2.54. The molecule has 4 bridgehead atoms. The number of nitrogens with zero attached hydrogens (tertiary/aromatic N) is 2. The van der Waals surface area contributed by atoms with Gasteiger partial charge in [-0.05, 0) is 41.8 Å². The van der Waals surface area contributed by atoms with Gasteiger partial charge in [0.05, 0.1) is 11.4 Å². The van der Waals surface area contributed by atoms with E-state index < -0.39 is 5.60 Å². The third-order valence-electron chi connectivity index (χ3n) is 4.27. The van der Waals surface area contributed by atoms with E-state index in [9.17, 15) is 5.11 Å². The van der Waals surface area contributed by atoms with Crippen molar-refractivity contribution < 1.29 is 10.0 Å². The minimum absolute atomic E-state index is 0.688. The molecule has 2 aromatic rings. The third kappa shape index (κ3) is 2.45. The van der Waals surface area contributed by atoms with Crippen LogP contribution in [0.4, 0.5) is 11.4 Å². The topological polar surface area (TPSA) is 35.9 Å². The number of hydroxylamine groups is 2. The first-order valence-corrected chi connectivity index (χ1v) is 7.63. The number of rotatable bonds is 2. The molecule has 4 nitrogen and oxygen atoms in total. The van der Waals surface area contributed by atoms with Gasteiger partial charge >= 0.3 is 0 Å². The van der Waals surface area contributed by atoms with Gasteiger partial charge in [0.25, 0.3) is 0 Å². The highest BCUT2D eigenvalue weighted by Gasteiger charge is 2.31. The van der Waals surface area contributed by atoms with Crippen LogP contribution >= 0.6 is 0 Å². The molecule has 0 saturated heterocycles. The summed E-state index contributed by atoms with van der Waals surface area (Å²) in [5, 5.41) is 14.7. The molecule has 2 aromatic carbocycles. The molecule has 0 aromatic heterocycles. The molecule has 4 heteroatoms. The quantitative estimate of drug-likeness (QED) is 0.921. The van der Waals surface area contributed by atoms with Crippen molar-refractivity contribution in [1.82, 2.24) is 0 Å². The lowest BCUT2D eigenvalue weighted by molar-refractivity contribution is 0.0697. The van der Waals surface area contributed by atoms with E-state index in [1.807, 2.05) is 62.6 Å². The highest BCUT2D eigenvalue weighted by atomic mass is 16.8. The van der Waals surface area contributed by atoms with Crippen molar-refractivity contribution in [3.8, 4) is 0 Å². The van der Waals surface area contributed by atoms with Crippen molar-refractivity contribution in [2.75, 3.05) is 24.2 Å². The van der Waals surface area contributed by atoms with Crippen molar-refractivity contribution in [3.63, 3.8) is 0 Å². The lowest BCUT2D eigenvalue weighted by Gasteiger charge is -2.32. The number of benzene rings is 2. The van der Waals surface area contributed by atoms with Crippen LogP contribution in [0.5, 0.6) is 0 Å². The largest absolute Gasteiger partial charge is 0.380 e. The smallest absolute Gasteiger partial charge is 0.115 e. The SMILES string of the molecule is CCCC1(O)c2ccc(cc2)N(C)ON(C)c2ccc1cc2. The highest BCUT2D eigenvalue weighted by Crippen LogP contribution is 2.36. The average molecular weight is 298 g/mol. The summed E-state index contributed by atoms with van der Waals surface area (Å²) in [4.78, 5) is 5.79. The van der Waals surface area contributed by atoms with E-state index >= 15 is 0 Å². The monoisotopic (exact) mass is 298 g/mol. The summed E-state index contributed by atoms with van der Waals surface area (Å²) in [6.07, 6.45) is 1.59. The molecule has 6 rings (SSSR count). The van der Waals surface area contributed by atoms with Gasteiger partial charge in [-0.25, -0.2) is 10.1 Å². The van der Waals surface area contributed by atoms with E-state index in [0.29, 0.717) is 6.42 Å². The normalized spacial score (nSPS) is 16.5. The molecule has 0 atom stereocenters. The lowest BCUT2D eigenvalue weighted by Crippen LogP contribution is -2.31. The van der Waals surface area contributed by atoms with Gasteiger partial charge < -0.3 is 5.11 Å². The molecule has 22 heavy (non-hydrogen) atoms. The van der Waals surface area contributed by atoms with Crippen molar-refractivity contribution in [2.24, 2.45) is 0 Å². The highest BCUT2D eigenvalue weighted by molar-refractivity contribution is 5.52. The van der Waals surface area contributed by atoms with E-state index in [1.165, 1.54) is 0 Å². The molecule has 0 saturated carbocycles. The Morgan fingerprint density at radius 2 is 1.27 bits per heavy atom. The van der Waals surface area contributed by atoms with E-state index in [-0.39, 0.29) is 0 Å². The third-order valence-corrected chi connectivity index (χ3v) is 4.27. The molecule has 0 unspecified atom stereocenters. The number of hydrogen-bond donors (Lipinski definition) is 1. The number of anilines is 2. The first-order chi connectivity index (χ1) is 10.5. The minimum atomic E-state index is -0.955. The van der Waals surface area contributed by atoms with E-state index in [1.54, 1.807) is 10.1 Å². The van der Waals surface area contributed by atoms with Gasteiger partial charge in [0.15, 0.2) is 0 Å². The van der Waals surface area contributed by atoms with Crippen molar-refractivity contribution in [2.45, 2.75) is 25.4 Å². The van der Waals surface area contributed by atoms with E-state index in [4.69, 9.17) is 4.94 Å². The zero-order valence-electron chi connectivity index (χ0n) is 13.3. The summed E-state index contributed by atoms with van der Waals surface area (Å²) in [7, 11) is 3.73. The molecular formula is C18H22N2O2. The maximum absolute atomic E-state index is 11.3. The number of aliphatic hydroxyl groups is 1. The molecule has 0 radical (unpaired) electrons.